The molecule has 0 unspecified atom stereocenters. The average Bonchev–Trinajstić information content (AvgIpc) is 2.73. The van der Waals surface area contributed by atoms with Crippen molar-refractivity contribution in [3.05, 3.63) is 101 Å². The summed E-state index contributed by atoms with van der Waals surface area (Å²) in [5.74, 6) is 6.84. The lowest BCUT2D eigenvalue weighted by Gasteiger charge is -2.35. The Morgan fingerprint density at radius 2 is 1.73 bits per heavy atom. The van der Waals surface area contributed by atoms with Crippen molar-refractivity contribution >= 4 is 11.8 Å². The number of benzene rings is 3. The third kappa shape index (κ3) is 3.17. The fourth-order valence-electron chi connectivity index (χ4n) is 3.41. The molecule has 128 valence electrons. The Hall–Kier alpha value is -2.47. The highest BCUT2D eigenvalue weighted by Gasteiger charge is 2.38. The summed E-state index contributed by atoms with van der Waals surface area (Å²) >= 11 is 1.74. The zero-order valence-electron chi connectivity index (χ0n) is 14.7. The van der Waals surface area contributed by atoms with Crippen molar-refractivity contribution in [2.45, 2.75) is 16.9 Å². The summed E-state index contributed by atoms with van der Waals surface area (Å²) in [7, 11) is 0. The molecule has 1 heterocycles. The van der Waals surface area contributed by atoms with E-state index >= 15 is 0 Å². The Labute approximate surface area is 159 Å². The zero-order valence-corrected chi connectivity index (χ0v) is 15.6. The van der Waals surface area contributed by atoms with Gasteiger partial charge in [0.25, 0.3) is 0 Å². The summed E-state index contributed by atoms with van der Waals surface area (Å²) in [4.78, 5) is 1.22. The minimum absolute atomic E-state index is 0.671. The van der Waals surface area contributed by atoms with Gasteiger partial charge in [-0.05, 0) is 42.5 Å². The second-order valence-corrected chi connectivity index (χ2v) is 7.16. The van der Waals surface area contributed by atoms with Crippen LogP contribution in [0, 0.1) is 11.8 Å². The summed E-state index contributed by atoms with van der Waals surface area (Å²) < 4.78 is 6.42. The molecule has 0 fully saturated rings. The first-order chi connectivity index (χ1) is 12.8. The van der Waals surface area contributed by atoms with Gasteiger partial charge < -0.3 is 4.74 Å². The van der Waals surface area contributed by atoms with Gasteiger partial charge in [-0.15, -0.1) is 11.8 Å². The van der Waals surface area contributed by atoms with Gasteiger partial charge in [0.1, 0.15) is 0 Å². The number of thioether (sulfide) groups is 1. The molecule has 0 spiro atoms. The van der Waals surface area contributed by atoms with E-state index < -0.39 is 5.60 Å². The van der Waals surface area contributed by atoms with Crippen molar-refractivity contribution in [3.63, 3.8) is 0 Å². The molecule has 0 aliphatic carbocycles. The Kier molecular flexibility index (Phi) is 4.84. The fraction of sp³-hybridized carbons (Fsp3) is 0.167. The first-order valence-corrected chi connectivity index (χ1v) is 9.99. The quantitative estimate of drug-likeness (QED) is 0.456. The second kappa shape index (κ2) is 7.41. The summed E-state index contributed by atoms with van der Waals surface area (Å²) in [6, 6.07) is 27.2. The Morgan fingerprint density at radius 1 is 0.923 bits per heavy atom. The summed E-state index contributed by atoms with van der Waals surface area (Å²) in [5.41, 5.74) is 3.85. The minimum Gasteiger partial charge on any atom is -0.353 e. The van der Waals surface area contributed by atoms with Crippen LogP contribution in [0.2, 0.25) is 0 Å². The highest BCUT2D eigenvalue weighted by molar-refractivity contribution is 7.98. The molecule has 4 rings (SSSR count). The van der Waals surface area contributed by atoms with Gasteiger partial charge in [-0.3, -0.25) is 0 Å². The number of fused-ring (bicyclic) bond motifs is 1. The molecule has 26 heavy (non-hydrogen) atoms. The predicted molar refractivity (Wildman–Crippen MR) is 108 cm³/mol. The lowest BCUT2D eigenvalue weighted by Crippen LogP contribution is -2.35. The molecule has 0 amide bonds. The first-order valence-electron chi connectivity index (χ1n) is 8.77. The highest BCUT2D eigenvalue weighted by Crippen LogP contribution is 2.39. The van der Waals surface area contributed by atoms with E-state index in [1.807, 2.05) is 30.3 Å². The highest BCUT2D eigenvalue weighted by atomic mass is 32.2. The predicted octanol–water partition coefficient (Wildman–Crippen LogP) is 5.28. The molecule has 1 nitrogen and oxygen atoms in total. The van der Waals surface area contributed by atoms with Crippen molar-refractivity contribution in [2.75, 3.05) is 12.9 Å². The van der Waals surface area contributed by atoms with E-state index in [2.05, 4.69) is 66.6 Å². The summed E-state index contributed by atoms with van der Waals surface area (Å²) in [5, 5.41) is 0. The second-order valence-electron chi connectivity index (χ2n) is 6.28. The maximum absolute atomic E-state index is 6.42. The smallest absolute Gasteiger partial charge is 0.180 e. The van der Waals surface area contributed by atoms with Crippen LogP contribution in [0.15, 0.2) is 83.8 Å². The maximum atomic E-state index is 6.42. The van der Waals surface area contributed by atoms with Crippen LogP contribution >= 0.6 is 11.8 Å². The number of hydrogen-bond acceptors (Lipinski definition) is 2. The Balaban J connectivity index is 1.92. The number of hydrogen-bond donors (Lipinski definition) is 0. The molecular formula is C24H20OS. The van der Waals surface area contributed by atoms with Crippen molar-refractivity contribution in [2.24, 2.45) is 0 Å². The molecular weight excluding hydrogens is 336 g/mol. The van der Waals surface area contributed by atoms with Crippen molar-refractivity contribution in [1.29, 1.82) is 0 Å². The lowest BCUT2D eigenvalue weighted by atomic mass is 9.81. The standard InChI is InChI=1S/C24H20OS/c1-26-22-12-7-11-21(18-22)24(16-14-19-8-3-2-4-9-19)23-13-6-5-10-20(23)15-17-25-24/h2-13,18H,15,17H2,1H3/t24-/m0/s1. The van der Waals surface area contributed by atoms with Gasteiger partial charge in [0.05, 0.1) is 6.61 Å². The SMILES string of the molecule is CSc1cccc([C@]2(C#Cc3ccccc3)OCCc3ccccc32)c1. The van der Waals surface area contributed by atoms with Crippen LogP contribution in [0.5, 0.6) is 0 Å². The molecule has 0 aromatic heterocycles. The lowest BCUT2D eigenvalue weighted by molar-refractivity contribution is 0.0159. The molecule has 1 aliphatic rings. The summed E-state index contributed by atoms with van der Waals surface area (Å²) in [6.07, 6.45) is 3.02. The maximum Gasteiger partial charge on any atom is 0.180 e. The van der Waals surface area contributed by atoms with Crippen LogP contribution in [-0.2, 0) is 16.8 Å². The zero-order chi connectivity index (χ0) is 17.8. The van der Waals surface area contributed by atoms with E-state index in [0.29, 0.717) is 6.61 Å². The van der Waals surface area contributed by atoms with E-state index in [-0.39, 0.29) is 0 Å². The van der Waals surface area contributed by atoms with Crippen LogP contribution in [-0.4, -0.2) is 12.9 Å². The van der Waals surface area contributed by atoms with Crippen LogP contribution in [0.25, 0.3) is 0 Å². The van der Waals surface area contributed by atoms with Gasteiger partial charge in [-0.1, -0.05) is 66.4 Å². The van der Waals surface area contributed by atoms with Gasteiger partial charge in [0.15, 0.2) is 5.60 Å². The largest absolute Gasteiger partial charge is 0.353 e. The Bertz CT molecular complexity index is 968. The third-order valence-electron chi connectivity index (χ3n) is 4.72. The fourth-order valence-corrected chi connectivity index (χ4v) is 3.87. The molecule has 0 radical (unpaired) electrons. The molecule has 2 heteroatoms. The van der Waals surface area contributed by atoms with Gasteiger partial charge >= 0.3 is 0 Å². The molecule has 0 bridgehead atoms. The molecule has 3 aromatic rings. The monoisotopic (exact) mass is 356 g/mol. The van der Waals surface area contributed by atoms with Crippen molar-refractivity contribution in [3.8, 4) is 11.8 Å². The molecule has 0 N–H and O–H groups in total. The van der Waals surface area contributed by atoms with E-state index in [4.69, 9.17) is 4.74 Å². The Morgan fingerprint density at radius 3 is 2.58 bits per heavy atom. The van der Waals surface area contributed by atoms with E-state index in [9.17, 15) is 0 Å². The van der Waals surface area contributed by atoms with Gasteiger partial charge in [0.2, 0.25) is 0 Å². The van der Waals surface area contributed by atoms with Crippen molar-refractivity contribution in [1.82, 2.24) is 0 Å². The topological polar surface area (TPSA) is 9.23 Å². The number of rotatable bonds is 2. The number of ether oxygens (including phenoxy) is 1. The van der Waals surface area contributed by atoms with E-state index in [0.717, 1.165) is 23.1 Å². The molecule has 0 saturated carbocycles. The summed E-state index contributed by atoms with van der Waals surface area (Å²) in [6.45, 7) is 0.671. The van der Waals surface area contributed by atoms with Crippen LogP contribution in [0.3, 0.4) is 0 Å². The molecule has 0 saturated heterocycles. The van der Waals surface area contributed by atoms with Crippen LogP contribution < -0.4 is 0 Å². The van der Waals surface area contributed by atoms with E-state index in [1.54, 1.807) is 11.8 Å². The minimum atomic E-state index is -0.726. The molecule has 1 aliphatic heterocycles. The normalized spacial score (nSPS) is 18.5. The van der Waals surface area contributed by atoms with Gasteiger partial charge in [-0.25, -0.2) is 0 Å². The van der Waals surface area contributed by atoms with Crippen LogP contribution in [0.4, 0.5) is 0 Å². The van der Waals surface area contributed by atoms with E-state index in [1.165, 1.54) is 10.5 Å². The molecule has 3 aromatic carbocycles. The average molecular weight is 356 g/mol. The van der Waals surface area contributed by atoms with Gasteiger partial charge in [-0.2, -0.15) is 0 Å². The molecule has 1 atom stereocenters. The van der Waals surface area contributed by atoms with Gasteiger partial charge in [0, 0.05) is 21.6 Å². The first kappa shape index (κ1) is 17.0. The van der Waals surface area contributed by atoms with Crippen LogP contribution in [0.1, 0.15) is 22.3 Å². The van der Waals surface area contributed by atoms with Crippen molar-refractivity contribution < 1.29 is 4.74 Å². The third-order valence-corrected chi connectivity index (χ3v) is 5.44.